The number of carbonyl (C=O) groups excluding carboxylic acids is 1. The van der Waals surface area contributed by atoms with Crippen LogP contribution in [0.3, 0.4) is 0 Å². The maximum atomic E-state index is 11.1. The molecule has 116 valence electrons. The zero-order valence-corrected chi connectivity index (χ0v) is 14.9. The highest BCUT2D eigenvalue weighted by molar-refractivity contribution is 9.10. The highest BCUT2D eigenvalue weighted by atomic mass is 79.9. The predicted molar refractivity (Wildman–Crippen MR) is 91.3 cm³/mol. The van der Waals surface area contributed by atoms with E-state index in [4.69, 9.17) is 9.15 Å². The van der Waals surface area contributed by atoms with Crippen LogP contribution in [-0.4, -0.2) is 16.5 Å². The third kappa shape index (κ3) is 3.86. The molecule has 0 saturated heterocycles. The Morgan fingerprint density at radius 3 is 2.52 bits per heavy atom. The minimum atomic E-state index is 0.0893. The Hall–Kier alpha value is -1.99. The minimum absolute atomic E-state index is 0.0893. The zero-order valence-electron chi connectivity index (χ0n) is 11.7. The molecule has 0 radical (unpaired) electrons. The SMILES string of the molecule is O=Cc1cc(Br)ccc1OCc1nnc(-c2ccc(Br)cc2)o1. The summed E-state index contributed by atoms with van der Waals surface area (Å²) in [6, 6.07) is 12.7. The molecule has 0 aliphatic heterocycles. The molecule has 0 aliphatic carbocycles. The number of hydrogen-bond acceptors (Lipinski definition) is 5. The van der Waals surface area contributed by atoms with Gasteiger partial charge in [0, 0.05) is 14.5 Å². The number of carbonyl (C=O) groups is 1. The van der Waals surface area contributed by atoms with Gasteiger partial charge < -0.3 is 9.15 Å². The van der Waals surface area contributed by atoms with Gasteiger partial charge in [-0.05, 0) is 42.5 Å². The van der Waals surface area contributed by atoms with Gasteiger partial charge in [0.1, 0.15) is 5.75 Å². The van der Waals surface area contributed by atoms with Gasteiger partial charge in [-0.15, -0.1) is 10.2 Å². The quantitative estimate of drug-likeness (QED) is 0.543. The molecule has 0 N–H and O–H groups in total. The van der Waals surface area contributed by atoms with Gasteiger partial charge in [0.05, 0.1) is 5.56 Å². The normalized spacial score (nSPS) is 10.5. The van der Waals surface area contributed by atoms with E-state index in [0.717, 1.165) is 20.8 Å². The maximum Gasteiger partial charge on any atom is 0.254 e. The topological polar surface area (TPSA) is 65.2 Å². The number of aromatic nitrogens is 2. The number of benzene rings is 2. The van der Waals surface area contributed by atoms with Crippen molar-refractivity contribution < 1.29 is 13.9 Å². The van der Waals surface area contributed by atoms with Crippen molar-refractivity contribution in [1.29, 1.82) is 0 Å². The van der Waals surface area contributed by atoms with Crippen LogP contribution >= 0.6 is 31.9 Å². The summed E-state index contributed by atoms with van der Waals surface area (Å²) in [5.41, 5.74) is 1.27. The first kappa shape index (κ1) is 15.9. The van der Waals surface area contributed by atoms with Crippen molar-refractivity contribution in [2.24, 2.45) is 0 Å². The van der Waals surface area contributed by atoms with Gasteiger partial charge in [0.25, 0.3) is 5.89 Å². The first-order chi connectivity index (χ1) is 11.2. The van der Waals surface area contributed by atoms with Crippen molar-refractivity contribution in [3.8, 4) is 17.2 Å². The molecule has 0 bridgehead atoms. The summed E-state index contributed by atoms with van der Waals surface area (Å²) in [4.78, 5) is 11.1. The van der Waals surface area contributed by atoms with Gasteiger partial charge in [-0.25, -0.2) is 0 Å². The summed E-state index contributed by atoms with van der Waals surface area (Å²) in [5, 5.41) is 7.95. The molecule has 0 fully saturated rings. The molecule has 0 spiro atoms. The van der Waals surface area contributed by atoms with Crippen LogP contribution in [0.4, 0.5) is 0 Å². The summed E-state index contributed by atoms with van der Waals surface area (Å²) in [5.74, 6) is 1.22. The van der Waals surface area contributed by atoms with E-state index in [1.165, 1.54) is 0 Å². The van der Waals surface area contributed by atoms with Crippen molar-refractivity contribution in [3.05, 3.63) is 62.9 Å². The Balaban J connectivity index is 1.72. The van der Waals surface area contributed by atoms with Crippen LogP contribution in [0.25, 0.3) is 11.5 Å². The highest BCUT2D eigenvalue weighted by Crippen LogP contribution is 2.24. The second-order valence-electron chi connectivity index (χ2n) is 4.60. The second kappa shape index (κ2) is 7.06. The fraction of sp³-hybridized carbons (Fsp3) is 0.0625. The predicted octanol–water partition coefficient (Wildman–Crippen LogP) is 4.65. The van der Waals surface area contributed by atoms with E-state index in [1.54, 1.807) is 18.2 Å². The van der Waals surface area contributed by atoms with Crippen molar-refractivity contribution in [1.82, 2.24) is 10.2 Å². The number of nitrogens with zero attached hydrogens (tertiary/aromatic N) is 2. The molecule has 0 unspecified atom stereocenters. The molecule has 1 aromatic heterocycles. The van der Waals surface area contributed by atoms with Crippen molar-refractivity contribution in [2.45, 2.75) is 6.61 Å². The van der Waals surface area contributed by atoms with E-state index in [9.17, 15) is 4.79 Å². The molecule has 0 amide bonds. The molecular formula is C16H10Br2N2O3. The smallest absolute Gasteiger partial charge is 0.254 e. The summed E-state index contributed by atoms with van der Waals surface area (Å²) in [7, 11) is 0. The Morgan fingerprint density at radius 1 is 1.04 bits per heavy atom. The fourth-order valence-corrected chi connectivity index (χ4v) is 2.55. The molecule has 3 rings (SSSR count). The summed E-state index contributed by atoms with van der Waals surface area (Å²) in [6.45, 7) is 0.0893. The summed E-state index contributed by atoms with van der Waals surface area (Å²) in [6.07, 6.45) is 0.737. The standard InChI is InChI=1S/C16H10Br2N2O3/c17-12-3-1-10(2-4-12)16-20-19-15(23-16)9-22-14-6-5-13(18)7-11(14)8-21/h1-8H,9H2. The molecule has 3 aromatic rings. The van der Waals surface area contributed by atoms with Gasteiger partial charge in [-0.2, -0.15) is 0 Å². The van der Waals surface area contributed by atoms with Crippen LogP contribution in [0, 0.1) is 0 Å². The maximum absolute atomic E-state index is 11.1. The van der Waals surface area contributed by atoms with Gasteiger partial charge in [0.15, 0.2) is 12.9 Å². The second-order valence-corrected chi connectivity index (χ2v) is 6.43. The minimum Gasteiger partial charge on any atom is -0.483 e. The van der Waals surface area contributed by atoms with Crippen LogP contribution in [0.1, 0.15) is 16.2 Å². The van der Waals surface area contributed by atoms with Crippen LogP contribution in [0.5, 0.6) is 5.75 Å². The van der Waals surface area contributed by atoms with Crippen LogP contribution in [0.15, 0.2) is 55.8 Å². The summed E-state index contributed by atoms with van der Waals surface area (Å²) < 4.78 is 12.9. The third-order valence-electron chi connectivity index (χ3n) is 3.01. The Morgan fingerprint density at radius 2 is 1.78 bits per heavy atom. The molecule has 23 heavy (non-hydrogen) atoms. The lowest BCUT2D eigenvalue weighted by atomic mass is 10.2. The number of aldehydes is 1. The molecule has 0 aliphatic rings. The molecule has 2 aromatic carbocycles. The largest absolute Gasteiger partial charge is 0.483 e. The monoisotopic (exact) mass is 436 g/mol. The van der Waals surface area contributed by atoms with Crippen molar-refractivity contribution in [2.75, 3.05) is 0 Å². The van der Waals surface area contributed by atoms with E-state index < -0.39 is 0 Å². The lowest BCUT2D eigenvalue weighted by Crippen LogP contribution is -1.98. The number of rotatable bonds is 5. The van der Waals surface area contributed by atoms with Crippen molar-refractivity contribution >= 4 is 38.1 Å². The van der Waals surface area contributed by atoms with Gasteiger partial charge in [-0.1, -0.05) is 31.9 Å². The van der Waals surface area contributed by atoms with E-state index in [0.29, 0.717) is 23.1 Å². The molecule has 1 heterocycles. The first-order valence-corrected chi connectivity index (χ1v) is 8.20. The van der Waals surface area contributed by atoms with Crippen LogP contribution in [0.2, 0.25) is 0 Å². The molecule has 0 atom stereocenters. The van der Waals surface area contributed by atoms with E-state index >= 15 is 0 Å². The molecule has 7 heteroatoms. The van der Waals surface area contributed by atoms with Crippen LogP contribution < -0.4 is 4.74 Å². The Bertz CT molecular complexity index is 832. The first-order valence-electron chi connectivity index (χ1n) is 6.61. The summed E-state index contributed by atoms with van der Waals surface area (Å²) >= 11 is 6.68. The Kier molecular flexibility index (Phi) is 4.88. The van der Waals surface area contributed by atoms with Crippen LogP contribution in [-0.2, 0) is 6.61 Å². The highest BCUT2D eigenvalue weighted by Gasteiger charge is 2.10. The number of hydrogen-bond donors (Lipinski definition) is 0. The Labute approximate surface area is 148 Å². The van der Waals surface area contributed by atoms with E-state index in [2.05, 4.69) is 42.1 Å². The molecule has 0 saturated carbocycles. The lowest BCUT2D eigenvalue weighted by Gasteiger charge is -2.06. The van der Waals surface area contributed by atoms with Crippen molar-refractivity contribution in [3.63, 3.8) is 0 Å². The van der Waals surface area contributed by atoms with E-state index in [1.807, 2.05) is 24.3 Å². The van der Waals surface area contributed by atoms with Gasteiger partial charge in [-0.3, -0.25) is 4.79 Å². The fourth-order valence-electron chi connectivity index (χ4n) is 1.90. The van der Waals surface area contributed by atoms with Gasteiger partial charge in [0.2, 0.25) is 5.89 Å². The molecular weight excluding hydrogens is 428 g/mol. The third-order valence-corrected chi connectivity index (χ3v) is 4.03. The average molecular weight is 438 g/mol. The van der Waals surface area contributed by atoms with Gasteiger partial charge >= 0.3 is 0 Å². The lowest BCUT2D eigenvalue weighted by molar-refractivity contribution is 0.111. The molecule has 5 nitrogen and oxygen atoms in total. The zero-order chi connectivity index (χ0) is 16.2. The average Bonchev–Trinajstić information content (AvgIpc) is 3.03. The van der Waals surface area contributed by atoms with E-state index in [-0.39, 0.29) is 6.61 Å². The number of ether oxygens (including phenoxy) is 1. The number of halogens is 2.